The highest BCUT2D eigenvalue weighted by Crippen LogP contribution is 2.41. The van der Waals surface area contributed by atoms with Crippen molar-refractivity contribution in [3.63, 3.8) is 0 Å². The van der Waals surface area contributed by atoms with Gasteiger partial charge in [0, 0.05) is 24.0 Å². The summed E-state index contributed by atoms with van der Waals surface area (Å²) in [5.74, 6) is 0.337. The van der Waals surface area contributed by atoms with Crippen molar-refractivity contribution < 1.29 is 4.79 Å². The number of carbonyl (C=O) groups is 1. The molecule has 1 aliphatic carbocycles. The third kappa shape index (κ3) is 2.81. The molecule has 0 aliphatic heterocycles. The number of benzene rings is 1. The quantitative estimate of drug-likeness (QED) is 0.944. The topological polar surface area (TPSA) is 46.9 Å². The lowest BCUT2D eigenvalue weighted by Crippen LogP contribution is -2.27. The molecule has 0 saturated heterocycles. The molecule has 1 aromatic carbocycles. The van der Waals surface area contributed by atoms with Gasteiger partial charge >= 0.3 is 0 Å². The van der Waals surface area contributed by atoms with Crippen LogP contribution in [-0.2, 0) is 13.5 Å². The van der Waals surface area contributed by atoms with Crippen LogP contribution in [0.2, 0.25) is 5.02 Å². The summed E-state index contributed by atoms with van der Waals surface area (Å²) in [7, 11) is 1.86. The Kier molecular flexibility index (Phi) is 3.72. The molecule has 21 heavy (non-hydrogen) atoms. The van der Waals surface area contributed by atoms with Crippen LogP contribution in [0.15, 0.2) is 30.5 Å². The Hall–Kier alpha value is -1.81. The van der Waals surface area contributed by atoms with Crippen LogP contribution < -0.4 is 5.32 Å². The van der Waals surface area contributed by atoms with Crippen LogP contribution >= 0.6 is 11.6 Å². The Balaban J connectivity index is 1.67. The molecule has 0 radical (unpaired) electrons. The third-order valence-corrected chi connectivity index (χ3v) is 4.26. The number of rotatable bonds is 4. The molecule has 1 aliphatic rings. The van der Waals surface area contributed by atoms with Crippen LogP contribution in [-0.4, -0.2) is 21.7 Å². The number of nitrogens with one attached hydrogen (secondary N) is 1. The van der Waals surface area contributed by atoms with Crippen molar-refractivity contribution in [1.82, 2.24) is 15.1 Å². The Bertz CT molecular complexity index is 680. The predicted octanol–water partition coefficient (Wildman–Crippen LogP) is 2.92. The minimum Gasteiger partial charge on any atom is -0.349 e. The zero-order valence-corrected chi connectivity index (χ0v) is 12.9. The van der Waals surface area contributed by atoms with Crippen LogP contribution in [0.4, 0.5) is 0 Å². The van der Waals surface area contributed by atoms with Crippen molar-refractivity contribution in [3.05, 3.63) is 52.3 Å². The molecule has 110 valence electrons. The van der Waals surface area contributed by atoms with Crippen molar-refractivity contribution in [1.29, 1.82) is 0 Å². The molecule has 5 heteroatoms. The first-order valence-corrected chi connectivity index (χ1v) is 7.55. The zero-order valence-electron chi connectivity index (χ0n) is 12.1. The van der Waals surface area contributed by atoms with Crippen LogP contribution in [0.3, 0.4) is 0 Å². The minimum atomic E-state index is -0.0329. The van der Waals surface area contributed by atoms with Gasteiger partial charge in [0.1, 0.15) is 0 Å². The summed E-state index contributed by atoms with van der Waals surface area (Å²) >= 11 is 6.01. The molecule has 4 nitrogen and oxygen atoms in total. The van der Waals surface area contributed by atoms with Crippen molar-refractivity contribution in [2.24, 2.45) is 7.05 Å². The molecule has 1 fully saturated rings. The lowest BCUT2D eigenvalue weighted by Gasteiger charge is -2.06. The Morgan fingerprint density at radius 2 is 2.33 bits per heavy atom. The van der Waals surface area contributed by atoms with Crippen molar-refractivity contribution in [2.45, 2.75) is 31.7 Å². The molecule has 1 saturated carbocycles. The second-order valence-electron chi connectivity index (χ2n) is 5.46. The van der Waals surface area contributed by atoms with Crippen LogP contribution in [0, 0.1) is 0 Å². The maximum absolute atomic E-state index is 12.3. The third-order valence-electron chi connectivity index (χ3n) is 4.02. The maximum atomic E-state index is 12.3. The van der Waals surface area contributed by atoms with Gasteiger partial charge in [-0.05, 0) is 30.5 Å². The highest BCUT2D eigenvalue weighted by atomic mass is 35.5. The van der Waals surface area contributed by atoms with Gasteiger partial charge in [-0.15, -0.1) is 0 Å². The van der Waals surface area contributed by atoms with Crippen molar-refractivity contribution >= 4 is 17.5 Å². The van der Waals surface area contributed by atoms with Gasteiger partial charge in [0.05, 0.1) is 17.5 Å². The molecule has 2 atom stereocenters. The molecule has 1 heterocycles. The van der Waals surface area contributed by atoms with Crippen molar-refractivity contribution in [3.8, 4) is 0 Å². The van der Waals surface area contributed by atoms with E-state index in [2.05, 4.69) is 16.5 Å². The number of hydrogen-bond acceptors (Lipinski definition) is 2. The van der Waals surface area contributed by atoms with Gasteiger partial charge in [0.2, 0.25) is 0 Å². The fourth-order valence-electron chi connectivity index (χ4n) is 2.78. The largest absolute Gasteiger partial charge is 0.349 e. The fourth-order valence-corrected chi connectivity index (χ4v) is 2.98. The van der Waals surface area contributed by atoms with E-state index in [0.717, 1.165) is 23.6 Å². The van der Waals surface area contributed by atoms with E-state index in [9.17, 15) is 4.79 Å². The van der Waals surface area contributed by atoms with Gasteiger partial charge in [0.25, 0.3) is 5.91 Å². The molecule has 2 aromatic rings. The first-order chi connectivity index (χ1) is 10.1. The molecule has 3 rings (SSSR count). The molecule has 1 aromatic heterocycles. The Labute approximate surface area is 129 Å². The fraction of sp³-hybridized carbons (Fsp3) is 0.375. The number of amides is 1. The SMILES string of the molecule is CCc1c(C(=O)N[C@@H]2C[C@H]2c2cccc(Cl)c2)cnn1C. The highest BCUT2D eigenvalue weighted by Gasteiger charge is 2.40. The number of carbonyl (C=O) groups excluding carboxylic acids is 1. The van der Waals surface area contributed by atoms with E-state index in [0.29, 0.717) is 11.5 Å². The Morgan fingerprint density at radius 1 is 1.52 bits per heavy atom. The second-order valence-corrected chi connectivity index (χ2v) is 5.90. The molecular formula is C16H18ClN3O. The summed E-state index contributed by atoms with van der Waals surface area (Å²) in [6.07, 6.45) is 3.40. The van der Waals surface area contributed by atoms with Gasteiger partial charge < -0.3 is 5.32 Å². The van der Waals surface area contributed by atoms with Gasteiger partial charge in [-0.2, -0.15) is 5.10 Å². The van der Waals surface area contributed by atoms with E-state index in [-0.39, 0.29) is 11.9 Å². The van der Waals surface area contributed by atoms with E-state index in [1.54, 1.807) is 10.9 Å². The van der Waals surface area contributed by atoms with Crippen molar-refractivity contribution in [2.75, 3.05) is 0 Å². The molecule has 0 spiro atoms. The van der Waals surface area contributed by atoms with Gasteiger partial charge in [-0.25, -0.2) is 0 Å². The summed E-state index contributed by atoms with van der Waals surface area (Å²) in [6, 6.07) is 8.04. The summed E-state index contributed by atoms with van der Waals surface area (Å²) in [6.45, 7) is 2.03. The standard InChI is InChI=1S/C16H18ClN3O/c1-3-15-13(9-18-20(15)2)16(21)19-14-8-12(14)10-5-4-6-11(17)7-10/h4-7,9,12,14H,3,8H2,1-2H3,(H,19,21)/t12-,14+/m0/s1. The Morgan fingerprint density at radius 3 is 3.05 bits per heavy atom. The highest BCUT2D eigenvalue weighted by molar-refractivity contribution is 6.30. The van der Waals surface area contributed by atoms with E-state index < -0.39 is 0 Å². The van der Waals surface area contributed by atoms with Gasteiger partial charge in [0.15, 0.2) is 0 Å². The first kappa shape index (κ1) is 14.1. The van der Waals surface area contributed by atoms with E-state index in [4.69, 9.17) is 11.6 Å². The van der Waals surface area contributed by atoms with Crippen LogP contribution in [0.25, 0.3) is 0 Å². The zero-order chi connectivity index (χ0) is 15.0. The molecule has 0 bridgehead atoms. The number of nitrogens with zero attached hydrogens (tertiary/aromatic N) is 2. The summed E-state index contributed by atoms with van der Waals surface area (Å²) in [4.78, 5) is 12.3. The normalized spacial score (nSPS) is 20.3. The number of aromatic nitrogens is 2. The smallest absolute Gasteiger partial charge is 0.254 e. The predicted molar refractivity (Wildman–Crippen MR) is 82.7 cm³/mol. The first-order valence-electron chi connectivity index (χ1n) is 7.17. The maximum Gasteiger partial charge on any atom is 0.254 e. The summed E-state index contributed by atoms with van der Waals surface area (Å²) in [5.41, 5.74) is 2.83. The van der Waals surface area contributed by atoms with E-state index >= 15 is 0 Å². The van der Waals surface area contributed by atoms with Gasteiger partial charge in [-0.1, -0.05) is 30.7 Å². The lowest BCUT2D eigenvalue weighted by atomic mass is 10.1. The summed E-state index contributed by atoms with van der Waals surface area (Å²) in [5, 5.41) is 7.99. The average Bonchev–Trinajstić information content (AvgIpc) is 3.12. The van der Waals surface area contributed by atoms with Crippen LogP contribution in [0.1, 0.15) is 40.9 Å². The van der Waals surface area contributed by atoms with Crippen LogP contribution in [0.5, 0.6) is 0 Å². The number of halogens is 1. The molecular weight excluding hydrogens is 286 g/mol. The average molecular weight is 304 g/mol. The number of hydrogen-bond donors (Lipinski definition) is 1. The minimum absolute atomic E-state index is 0.0329. The monoisotopic (exact) mass is 303 g/mol. The number of aryl methyl sites for hydroxylation is 1. The second kappa shape index (κ2) is 5.53. The molecule has 0 unspecified atom stereocenters. The lowest BCUT2D eigenvalue weighted by molar-refractivity contribution is 0.0949. The van der Waals surface area contributed by atoms with Gasteiger partial charge in [-0.3, -0.25) is 9.48 Å². The summed E-state index contributed by atoms with van der Waals surface area (Å²) < 4.78 is 1.76. The van der Waals surface area contributed by atoms with E-state index in [1.165, 1.54) is 5.56 Å². The molecule has 1 amide bonds. The molecule has 1 N–H and O–H groups in total. The van der Waals surface area contributed by atoms with E-state index in [1.807, 2.05) is 32.2 Å².